The number of likely N-dealkylation sites (tertiary alicyclic amines) is 1. The molecule has 0 saturated carbocycles. The highest BCUT2D eigenvalue weighted by Crippen LogP contribution is 2.29. The molecule has 0 aliphatic carbocycles. The normalized spacial score (nSPS) is 15.4. The maximum absolute atomic E-state index is 12.9. The van der Waals surface area contributed by atoms with Crippen molar-refractivity contribution < 1.29 is 4.79 Å². The van der Waals surface area contributed by atoms with Crippen LogP contribution in [0.25, 0.3) is 21.0 Å². The van der Waals surface area contributed by atoms with E-state index in [1.54, 1.807) is 6.07 Å². The maximum atomic E-state index is 12.9. The molecule has 4 aromatic rings. The van der Waals surface area contributed by atoms with Gasteiger partial charge in [-0.1, -0.05) is 48.5 Å². The minimum absolute atomic E-state index is 0.0720. The van der Waals surface area contributed by atoms with E-state index in [0.717, 1.165) is 60.9 Å². The zero-order valence-electron chi connectivity index (χ0n) is 18.0. The van der Waals surface area contributed by atoms with E-state index in [9.17, 15) is 9.59 Å². The Kier molecular flexibility index (Phi) is 6.06. The first-order chi connectivity index (χ1) is 15.7. The number of hydrogen-bond acceptors (Lipinski definition) is 4. The first-order valence-electron chi connectivity index (χ1n) is 11.3. The highest BCUT2D eigenvalue weighted by atomic mass is 32.1. The molecule has 1 amide bonds. The Morgan fingerprint density at radius 2 is 1.78 bits per heavy atom. The van der Waals surface area contributed by atoms with Crippen molar-refractivity contribution in [3.63, 3.8) is 0 Å². The minimum Gasteiger partial charge on any atom is -0.349 e. The van der Waals surface area contributed by atoms with Crippen LogP contribution in [0.2, 0.25) is 0 Å². The van der Waals surface area contributed by atoms with Gasteiger partial charge >= 0.3 is 0 Å². The molecule has 2 aromatic carbocycles. The summed E-state index contributed by atoms with van der Waals surface area (Å²) in [7, 11) is 0. The van der Waals surface area contributed by atoms with Gasteiger partial charge in [0.05, 0.1) is 10.3 Å². The van der Waals surface area contributed by atoms with Crippen LogP contribution < -0.4 is 10.9 Å². The molecule has 5 nitrogen and oxygen atoms in total. The predicted octanol–water partition coefficient (Wildman–Crippen LogP) is 4.57. The largest absolute Gasteiger partial charge is 0.349 e. The summed E-state index contributed by atoms with van der Waals surface area (Å²) < 4.78 is 0.878. The summed E-state index contributed by atoms with van der Waals surface area (Å²) in [6.45, 7) is 3.12. The van der Waals surface area contributed by atoms with Crippen molar-refractivity contribution in [2.24, 2.45) is 0 Å². The number of aromatic nitrogens is 1. The highest BCUT2D eigenvalue weighted by Gasteiger charge is 2.22. The lowest BCUT2D eigenvalue weighted by atomic mass is 10.0. The lowest BCUT2D eigenvalue weighted by Gasteiger charge is -2.32. The van der Waals surface area contributed by atoms with Crippen LogP contribution in [0.15, 0.2) is 65.5 Å². The van der Waals surface area contributed by atoms with E-state index in [4.69, 9.17) is 0 Å². The molecule has 1 saturated heterocycles. The summed E-state index contributed by atoms with van der Waals surface area (Å²) in [5, 5.41) is 4.77. The molecule has 3 heterocycles. The van der Waals surface area contributed by atoms with Gasteiger partial charge in [0, 0.05) is 34.7 Å². The van der Waals surface area contributed by atoms with Gasteiger partial charge in [-0.3, -0.25) is 9.59 Å². The summed E-state index contributed by atoms with van der Waals surface area (Å²) >= 11 is 1.40. The quantitative estimate of drug-likeness (QED) is 0.457. The van der Waals surface area contributed by atoms with Crippen LogP contribution in [0.5, 0.6) is 0 Å². The third-order valence-corrected chi connectivity index (χ3v) is 7.49. The number of fused-ring (bicyclic) bond motifs is 3. The zero-order chi connectivity index (χ0) is 21.9. The second-order valence-electron chi connectivity index (χ2n) is 8.53. The molecular weight excluding hydrogens is 418 g/mol. The Morgan fingerprint density at radius 3 is 2.59 bits per heavy atom. The van der Waals surface area contributed by atoms with Crippen LogP contribution in [-0.2, 0) is 6.42 Å². The number of aryl methyl sites for hydroxylation is 1. The van der Waals surface area contributed by atoms with Gasteiger partial charge in [0.2, 0.25) is 0 Å². The van der Waals surface area contributed by atoms with E-state index in [-0.39, 0.29) is 17.5 Å². The van der Waals surface area contributed by atoms with Crippen molar-refractivity contribution in [1.82, 2.24) is 15.2 Å². The number of para-hydroxylation sites is 1. The van der Waals surface area contributed by atoms with Gasteiger partial charge in [0.1, 0.15) is 0 Å². The van der Waals surface area contributed by atoms with Crippen molar-refractivity contribution >= 4 is 38.2 Å². The SMILES string of the molecule is O=C(NC1CCN(CCCc2ccccc2)CC1)c1cc2c(=O)[nH]c3ccccc3c2s1. The standard InChI is InChI=1S/C26H27N3O2S/c30-25-21-17-23(32-24(21)20-10-4-5-11-22(20)28-25)26(31)27-19-12-15-29(16-13-19)14-6-9-18-7-2-1-3-8-18/h1-5,7-8,10-11,17,19H,6,9,12-16H2,(H,27,31)(H,28,30). The average Bonchev–Trinajstić information content (AvgIpc) is 3.28. The zero-order valence-corrected chi connectivity index (χ0v) is 18.8. The van der Waals surface area contributed by atoms with Crippen LogP contribution >= 0.6 is 11.3 Å². The van der Waals surface area contributed by atoms with Gasteiger partial charge in [-0.05, 0) is 49.9 Å². The molecule has 0 bridgehead atoms. The number of nitrogens with one attached hydrogen (secondary N) is 2. The fourth-order valence-corrected chi connectivity index (χ4v) is 5.66. The van der Waals surface area contributed by atoms with Crippen molar-refractivity contribution in [2.75, 3.05) is 19.6 Å². The number of pyridine rings is 1. The highest BCUT2D eigenvalue weighted by molar-refractivity contribution is 7.21. The van der Waals surface area contributed by atoms with Crippen LogP contribution in [-0.4, -0.2) is 41.5 Å². The number of benzene rings is 2. The molecule has 1 aliphatic rings. The van der Waals surface area contributed by atoms with Crippen LogP contribution in [0.4, 0.5) is 0 Å². The number of thiophene rings is 1. The molecule has 0 radical (unpaired) electrons. The molecule has 1 aliphatic heterocycles. The fourth-order valence-electron chi connectivity index (χ4n) is 4.56. The summed E-state index contributed by atoms with van der Waals surface area (Å²) in [6, 6.07) is 20.3. The van der Waals surface area contributed by atoms with E-state index in [1.807, 2.05) is 24.3 Å². The number of hydrogen-bond donors (Lipinski definition) is 2. The maximum Gasteiger partial charge on any atom is 0.261 e. The molecule has 5 rings (SSSR count). The molecule has 32 heavy (non-hydrogen) atoms. The first-order valence-corrected chi connectivity index (χ1v) is 12.1. The van der Waals surface area contributed by atoms with E-state index in [1.165, 1.54) is 16.9 Å². The number of H-pyrrole nitrogens is 1. The minimum atomic E-state index is -0.141. The second kappa shape index (κ2) is 9.27. The number of aromatic amines is 1. The second-order valence-corrected chi connectivity index (χ2v) is 9.58. The van der Waals surface area contributed by atoms with Crippen LogP contribution in [0.3, 0.4) is 0 Å². The fraction of sp³-hybridized carbons (Fsp3) is 0.308. The number of rotatable bonds is 6. The predicted molar refractivity (Wildman–Crippen MR) is 132 cm³/mol. The number of piperidine rings is 1. The van der Waals surface area contributed by atoms with Crippen LogP contribution in [0, 0.1) is 0 Å². The van der Waals surface area contributed by atoms with E-state index in [2.05, 4.69) is 45.5 Å². The van der Waals surface area contributed by atoms with Gasteiger partial charge in [-0.2, -0.15) is 0 Å². The Hall–Kier alpha value is -2.96. The Balaban J connectivity index is 1.17. The molecule has 0 spiro atoms. The molecule has 164 valence electrons. The molecular formula is C26H27N3O2S. The van der Waals surface area contributed by atoms with Gasteiger partial charge in [-0.25, -0.2) is 0 Å². The Morgan fingerprint density at radius 1 is 1.03 bits per heavy atom. The summed E-state index contributed by atoms with van der Waals surface area (Å²) in [5.41, 5.74) is 2.06. The molecule has 1 fully saturated rings. The molecule has 6 heteroatoms. The molecule has 0 atom stereocenters. The van der Waals surface area contributed by atoms with E-state index >= 15 is 0 Å². The Bertz CT molecular complexity index is 1290. The third kappa shape index (κ3) is 4.47. The van der Waals surface area contributed by atoms with E-state index in [0.29, 0.717) is 10.3 Å². The van der Waals surface area contributed by atoms with Crippen molar-refractivity contribution in [1.29, 1.82) is 0 Å². The number of nitrogens with zero attached hydrogens (tertiary/aromatic N) is 1. The summed E-state index contributed by atoms with van der Waals surface area (Å²) in [5.74, 6) is -0.0720. The smallest absolute Gasteiger partial charge is 0.261 e. The summed E-state index contributed by atoms with van der Waals surface area (Å²) in [4.78, 5) is 31.4. The first kappa shape index (κ1) is 20.9. The molecule has 2 aromatic heterocycles. The van der Waals surface area contributed by atoms with Crippen LogP contribution in [0.1, 0.15) is 34.5 Å². The molecule has 0 unspecified atom stereocenters. The van der Waals surface area contributed by atoms with Gasteiger partial charge in [0.15, 0.2) is 0 Å². The van der Waals surface area contributed by atoms with Crippen molar-refractivity contribution in [3.05, 3.63) is 81.5 Å². The van der Waals surface area contributed by atoms with Gasteiger partial charge in [-0.15, -0.1) is 11.3 Å². The van der Waals surface area contributed by atoms with Crippen molar-refractivity contribution in [2.45, 2.75) is 31.7 Å². The number of carbonyl (C=O) groups is 1. The average molecular weight is 446 g/mol. The van der Waals surface area contributed by atoms with E-state index < -0.39 is 0 Å². The Labute approximate surface area is 191 Å². The van der Waals surface area contributed by atoms with Gasteiger partial charge in [0.25, 0.3) is 11.5 Å². The lowest BCUT2D eigenvalue weighted by molar-refractivity contribution is 0.0915. The molecule has 2 N–H and O–H groups in total. The number of carbonyl (C=O) groups excluding carboxylic acids is 1. The topological polar surface area (TPSA) is 65.2 Å². The lowest BCUT2D eigenvalue weighted by Crippen LogP contribution is -2.44. The summed E-state index contributed by atoms with van der Waals surface area (Å²) in [6.07, 6.45) is 4.19. The monoisotopic (exact) mass is 445 g/mol. The van der Waals surface area contributed by atoms with Gasteiger partial charge < -0.3 is 15.2 Å². The third-order valence-electron chi connectivity index (χ3n) is 6.33. The van der Waals surface area contributed by atoms with Crippen molar-refractivity contribution in [3.8, 4) is 0 Å². The number of amides is 1.